The van der Waals surface area contributed by atoms with Crippen LogP contribution < -0.4 is 0 Å². The van der Waals surface area contributed by atoms with Crippen LogP contribution in [0.25, 0.3) is 0 Å². The zero-order chi connectivity index (χ0) is 7.98. The number of hydrogen-bond acceptors (Lipinski definition) is 1. The van der Waals surface area contributed by atoms with Gasteiger partial charge in [-0.2, -0.15) is 0 Å². The summed E-state index contributed by atoms with van der Waals surface area (Å²) in [5, 5.41) is 8.35. The fourth-order valence-corrected chi connectivity index (χ4v) is 0.804. The average molecular weight is 140 g/mol. The van der Waals surface area contributed by atoms with Gasteiger partial charge in [0.05, 0.1) is 6.42 Å². The molecule has 0 amide bonds. The molecule has 1 N–H and O–H groups in total. The lowest BCUT2D eigenvalue weighted by Crippen LogP contribution is -2.04. The number of carboxylic acid groups (broad SMARTS) is 1. The second-order valence-corrected chi connectivity index (χ2v) is 2.25. The Balaban J connectivity index is 3.63. The van der Waals surface area contributed by atoms with Gasteiger partial charge in [0.15, 0.2) is 0 Å². The third-order valence-electron chi connectivity index (χ3n) is 1.29. The third kappa shape index (κ3) is 3.96. The minimum Gasteiger partial charge on any atom is -0.481 e. The highest BCUT2D eigenvalue weighted by atomic mass is 16.4. The highest BCUT2D eigenvalue weighted by Crippen LogP contribution is 2.08. The van der Waals surface area contributed by atoms with Crippen molar-refractivity contribution in [2.45, 2.75) is 26.2 Å². The van der Waals surface area contributed by atoms with E-state index in [0.29, 0.717) is 0 Å². The van der Waals surface area contributed by atoms with E-state index in [9.17, 15) is 4.79 Å². The Bertz CT molecular complexity index is 144. The van der Waals surface area contributed by atoms with Crippen molar-refractivity contribution in [2.24, 2.45) is 5.92 Å². The molecule has 1 unspecified atom stereocenters. The van der Waals surface area contributed by atoms with E-state index in [0.717, 1.165) is 12.8 Å². The van der Waals surface area contributed by atoms with Gasteiger partial charge in [-0.15, -0.1) is 12.3 Å². The minimum atomic E-state index is -0.809. The van der Waals surface area contributed by atoms with Crippen LogP contribution in [0.2, 0.25) is 0 Å². The van der Waals surface area contributed by atoms with Crippen molar-refractivity contribution in [2.75, 3.05) is 0 Å². The molecule has 1 atom stereocenters. The SMILES string of the molecule is C#CC(CCC)CC(=O)O. The predicted molar refractivity (Wildman–Crippen MR) is 39.5 cm³/mol. The largest absolute Gasteiger partial charge is 0.481 e. The van der Waals surface area contributed by atoms with Crippen LogP contribution in [-0.2, 0) is 4.79 Å². The molecule has 0 heterocycles. The fraction of sp³-hybridized carbons (Fsp3) is 0.625. The first kappa shape index (κ1) is 9.03. The lowest BCUT2D eigenvalue weighted by atomic mass is 10.0. The van der Waals surface area contributed by atoms with Crippen LogP contribution in [0.3, 0.4) is 0 Å². The van der Waals surface area contributed by atoms with Crippen LogP contribution in [-0.4, -0.2) is 11.1 Å². The monoisotopic (exact) mass is 140 g/mol. The van der Waals surface area contributed by atoms with E-state index in [4.69, 9.17) is 11.5 Å². The number of carbonyl (C=O) groups is 1. The van der Waals surface area contributed by atoms with Gasteiger partial charge in [0.25, 0.3) is 0 Å². The molecule has 2 heteroatoms. The Morgan fingerprint density at radius 2 is 2.40 bits per heavy atom. The van der Waals surface area contributed by atoms with Crippen LogP contribution in [0.4, 0.5) is 0 Å². The molecule has 0 aliphatic rings. The summed E-state index contributed by atoms with van der Waals surface area (Å²) < 4.78 is 0. The van der Waals surface area contributed by atoms with Crippen LogP contribution in [0, 0.1) is 18.3 Å². The Labute approximate surface area is 61.2 Å². The molecule has 2 nitrogen and oxygen atoms in total. The van der Waals surface area contributed by atoms with Gasteiger partial charge in [0.2, 0.25) is 0 Å². The predicted octanol–water partition coefficient (Wildman–Crippen LogP) is 1.51. The molecule has 0 saturated carbocycles. The van der Waals surface area contributed by atoms with E-state index in [1.54, 1.807) is 0 Å². The molecule has 0 spiro atoms. The zero-order valence-electron chi connectivity index (χ0n) is 6.13. The van der Waals surface area contributed by atoms with Gasteiger partial charge in [-0.3, -0.25) is 4.79 Å². The van der Waals surface area contributed by atoms with Crippen molar-refractivity contribution in [1.29, 1.82) is 0 Å². The summed E-state index contributed by atoms with van der Waals surface area (Å²) in [6.45, 7) is 1.99. The molecule has 0 saturated heterocycles. The second-order valence-electron chi connectivity index (χ2n) is 2.25. The van der Waals surface area contributed by atoms with Crippen molar-refractivity contribution in [1.82, 2.24) is 0 Å². The second kappa shape index (κ2) is 4.87. The standard InChI is InChI=1S/C8H12O2/c1-3-5-7(4-2)6-8(9)10/h2,7H,3,5-6H2,1H3,(H,9,10). The first-order chi connectivity index (χ1) is 4.70. The van der Waals surface area contributed by atoms with E-state index < -0.39 is 5.97 Å². The molecule has 10 heavy (non-hydrogen) atoms. The smallest absolute Gasteiger partial charge is 0.304 e. The highest BCUT2D eigenvalue weighted by Gasteiger charge is 2.07. The van der Waals surface area contributed by atoms with Crippen molar-refractivity contribution >= 4 is 5.97 Å². The molecular weight excluding hydrogens is 128 g/mol. The zero-order valence-corrected chi connectivity index (χ0v) is 6.13. The molecule has 0 aliphatic heterocycles. The van der Waals surface area contributed by atoms with Gasteiger partial charge in [0, 0.05) is 5.92 Å². The summed E-state index contributed by atoms with van der Waals surface area (Å²) in [5.41, 5.74) is 0. The quantitative estimate of drug-likeness (QED) is 0.601. The van der Waals surface area contributed by atoms with E-state index in [2.05, 4.69) is 5.92 Å². The van der Waals surface area contributed by atoms with Gasteiger partial charge in [0.1, 0.15) is 0 Å². The van der Waals surface area contributed by atoms with E-state index in [1.807, 2.05) is 6.92 Å². The first-order valence-corrected chi connectivity index (χ1v) is 3.38. The van der Waals surface area contributed by atoms with Gasteiger partial charge < -0.3 is 5.11 Å². The van der Waals surface area contributed by atoms with E-state index in [-0.39, 0.29) is 12.3 Å². The number of terminal acetylenes is 1. The summed E-state index contributed by atoms with van der Waals surface area (Å²) in [4.78, 5) is 10.1. The fourth-order valence-electron chi connectivity index (χ4n) is 0.804. The third-order valence-corrected chi connectivity index (χ3v) is 1.29. The Morgan fingerprint density at radius 3 is 2.70 bits per heavy atom. The van der Waals surface area contributed by atoms with E-state index >= 15 is 0 Å². The van der Waals surface area contributed by atoms with Gasteiger partial charge in [-0.05, 0) is 6.42 Å². The summed E-state index contributed by atoms with van der Waals surface area (Å²) >= 11 is 0. The van der Waals surface area contributed by atoms with Crippen molar-refractivity contribution < 1.29 is 9.90 Å². The molecule has 0 aromatic rings. The molecule has 0 aliphatic carbocycles. The van der Waals surface area contributed by atoms with Crippen LogP contribution in [0.5, 0.6) is 0 Å². The number of carboxylic acids is 1. The number of aliphatic carboxylic acids is 1. The minimum absolute atomic E-state index is 0.0810. The maximum absolute atomic E-state index is 10.1. The summed E-state index contributed by atoms with van der Waals surface area (Å²) in [5.74, 6) is 1.56. The maximum Gasteiger partial charge on any atom is 0.304 e. The van der Waals surface area contributed by atoms with Gasteiger partial charge >= 0.3 is 5.97 Å². The molecule has 0 aromatic heterocycles. The van der Waals surface area contributed by atoms with Crippen LogP contribution in [0.15, 0.2) is 0 Å². The van der Waals surface area contributed by atoms with Crippen molar-refractivity contribution in [3.05, 3.63) is 0 Å². The average Bonchev–Trinajstić information content (AvgIpc) is 1.86. The maximum atomic E-state index is 10.1. The number of hydrogen-bond donors (Lipinski definition) is 1. The molecule has 0 fully saturated rings. The molecule has 0 rings (SSSR count). The topological polar surface area (TPSA) is 37.3 Å². The normalized spacial score (nSPS) is 12.0. The highest BCUT2D eigenvalue weighted by molar-refractivity contribution is 5.67. The summed E-state index contributed by atoms with van der Waals surface area (Å²) in [7, 11) is 0. The van der Waals surface area contributed by atoms with Crippen molar-refractivity contribution in [3.8, 4) is 12.3 Å². The number of rotatable bonds is 4. The van der Waals surface area contributed by atoms with Crippen LogP contribution in [0.1, 0.15) is 26.2 Å². The van der Waals surface area contributed by atoms with Gasteiger partial charge in [-0.1, -0.05) is 13.3 Å². The van der Waals surface area contributed by atoms with E-state index in [1.165, 1.54) is 0 Å². The summed E-state index contributed by atoms with van der Waals surface area (Å²) in [6, 6.07) is 0. The summed E-state index contributed by atoms with van der Waals surface area (Å²) in [6.07, 6.45) is 6.95. The molecule has 0 bridgehead atoms. The lowest BCUT2D eigenvalue weighted by molar-refractivity contribution is -0.137. The molecular formula is C8H12O2. The Kier molecular flexibility index (Phi) is 4.39. The molecule has 56 valence electrons. The van der Waals surface area contributed by atoms with Crippen LogP contribution >= 0.6 is 0 Å². The van der Waals surface area contributed by atoms with Crippen molar-refractivity contribution in [3.63, 3.8) is 0 Å². The lowest BCUT2D eigenvalue weighted by Gasteiger charge is -2.03. The Hall–Kier alpha value is -0.970. The Morgan fingerprint density at radius 1 is 1.80 bits per heavy atom. The molecule has 0 radical (unpaired) electrons. The van der Waals surface area contributed by atoms with Gasteiger partial charge in [-0.25, -0.2) is 0 Å². The molecule has 0 aromatic carbocycles. The first-order valence-electron chi connectivity index (χ1n) is 3.38.